The van der Waals surface area contributed by atoms with Crippen LogP contribution < -0.4 is 5.32 Å². The largest absolute Gasteiger partial charge is 0.341 e. The summed E-state index contributed by atoms with van der Waals surface area (Å²) < 4.78 is 13.8. The third kappa shape index (κ3) is 4.31. The van der Waals surface area contributed by atoms with Crippen LogP contribution in [0, 0.1) is 5.82 Å². The van der Waals surface area contributed by atoms with Gasteiger partial charge in [-0.15, -0.1) is 0 Å². The van der Waals surface area contributed by atoms with E-state index < -0.39 is 5.54 Å². The van der Waals surface area contributed by atoms with E-state index in [2.05, 4.69) is 17.1 Å². The van der Waals surface area contributed by atoms with Gasteiger partial charge in [0, 0.05) is 32.6 Å². The molecule has 1 aromatic carbocycles. The number of halogens is 1. The number of carbonyl (C=O) groups excluding carboxylic acids is 3. The highest BCUT2D eigenvalue weighted by atomic mass is 19.1. The molecule has 31 heavy (non-hydrogen) atoms. The first-order chi connectivity index (χ1) is 14.9. The second-order valence-electron chi connectivity index (χ2n) is 8.85. The highest BCUT2D eigenvalue weighted by Crippen LogP contribution is 2.32. The van der Waals surface area contributed by atoms with Crippen molar-refractivity contribution < 1.29 is 18.8 Å². The van der Waals surface area contributed by atoms with Gasteiger partial charge in [-0.2, -0.15) is 0 Å². The van der Waals surface area contributed by atoms with Crippen LogP contribution >= 0.6 is 0 Å². The molecule has 0 unspecified atom stereocenters. The maximum Gasteiger partial charge on any atom is 0.325 e. The number of piperidine rings is 2. The van der Waals surface area contributed by atoms with Crippen LogP contribution in [0.15, 0.2) is 24.3 Å². The Morgan fingerprint density at radius 2 is 1.94 bits per heavy atom. The molecular weight excluding hydrogens is 399 g/mol. The summed E-state index contributed by atoms with van der Waals surface area (Å²) >= 11 is 0. The maximum atomic E-state index is 13.8. The van der Waals surface area contributed by atoms with Crippen LogP contribution in [0.3, 0.4) is 0 Å². The molecule has 4 amide bonds. The van der Waals surface area contributed by atoms with Crippen molar-refractivity contribution in [2.24, 2.45) is 0 Å². The van der Waals surface area contributed by atoms with Gasteiger partial charge in [0.1, 0.15) is 11.4 Å². The van der Waals surface area contributed by atoms with E-state index in [1.54, 1.807) is 23.1 Å². The summed E-state index contributed by atoms with van der Waals surface area (Å²) in [6.07, 6.45) is 3.24. The maximum absolute atomic E-state index is 13.8. The molecule has 0 saturated carbocycles. The monoisotopic (exact) mass is 430 g/mol. The summed E-state index contributed by atoms with van der Waals surface area (Å²) in [6, 6.07) is 5.85. The number of benzene rings is 1. The van der Waals surface area contributed by atoms with Crippen LogP contribution in [-0.4, -0.2) is 76.8 Å². The SMILES string of the molecule is CCN1CCC2(CC1)NC(=O)N([C@@H]1CCCN(C(=O)CCc3ccccc3F)C1)C2=O. The Hall–Kier alpha value is -2.48. The normalized spacial score (nSPS) is 24.0. The molecule has 7 nitrogen and oxygen atoms in total. The van der Waals surface area contributed by atoms with E-state index >= 15 is 0 Å². The van der Waals surface area contributed by atoms with Gasteiger partial charge >= 0.3 is 6.03 Å². The summed E-state index contributed by atoms with van der Waals surface area (Å²) in [5.74, 6) is -0.504. The van der Waals surface area contributed by atoms with Crippen molar-refractivity contribution in [2.75, 3.05) is 32.7 Å². The fraction of sp³-hybridized carbons (Fsp3) is 0.609. The van der Waals surface area contributed by atoms with E-state index in [0.29, 0.717) is 44.3 Å². The molecule has 0 aromatic heterocycles. The lowest BCUT2D eigenvalue weighted by Crippen LogP contribution is -2.56. The number of imide groups is 1. The van der Waals surface area contributed by atoms with Crippen molar-refractivity contribution in [2.45, 2.75) is 57.0 Å². The van der Waals surface area contributed by atoms with E-state index in [1.807, 2.05) is 0 Å². The Labute approximate surface area is 182 Å². The van der Waals surface area contributed by atoms with Crippen molar-refractivity contribution in [3.8, 4) is 0 Å². The quantitative estimate of drug-likeness (QED) is 0.727. The van der Waals surface area contributed by atoms with Gasteiger partial charge in [0.15, 0.2) is 0 Å². The number of nitrogens with zero attached hydrogens (tertiary/aromatic N) is 3. The molecule has 0 radical (unpaired) electrons. The molecule has 3 saturated heterocycles. The predicted molar refractivity (Wildman–Crippen MR) is 114 cm³/mol. The van der Waals surface area contributed by atoms with Gasteiger partial charge < -0.3 is 15.1 Å². The Morgan fingerprint density at radius 3 is 2.65 bits per heavy atom. The summed E-state index contributed by atoms with van der Waals surface area (Å²) in [7, 11) is 0. The fourth-order valence-electron chi connectivity index (χ4n) is 5.06. The number of hydrogen-bond acceptors (Lipinski definition) is 4. The fourth-order valence-corrected chi connectivity index (χ4v) is 5.06. The van der Waals surface area contributed by atoms with Crippen LogP contribution in [0.2, 0.25) is 0 Å². The van der Waals surface area contributed by atoms with Gasteiger partial charge in [-0.3, -0.25) is 14.5 Å². The molecule has 1 spiro atoms. The van der Waals surface area contributed by atoms with Crippen molar-refractivity contribution in [3.05, 3.63) is 35.6 Å². The number of nitrogens with one attached hydrogen (secondary N) is 1. The highest BCUT2D eigenvalue weighted by Gasteiger charge is 2.54. The van der Waals surface area contributed by atoms with Gasteiger partial charge in [-0.05, 0) is 50.3 Å². The number of hydrogen-bond donors (Lipinski definition) is 1. The Kier molecular flexibility index (Phi) is 6.27. The molecule has 168 valence electrons. The summed E-state index contributed by atoms with van der Waals surface area (Å²) in [5, 5.41) is 2.97. The number of likely N-dealkylation sites (tertiary alicyclic amines) is 2. The molecule has 3 aliphatic heterocycles. The van der Waals surface area contributed by atoms with Crippen LogP contribution in [-0.2, 0) is 16.0 Å². The molecule has 1 aromatic rings. The van der Waals surface area contributed by atoms with Crippen LogP contribution in [0.5, 0.6) is 0 Å². The van der Waals surface area contributed by atoms with Crippen molar-refractivity contribution >= 4 is 17.8 Å². The van der Waals surface area contributed by atoms with E-state index in [1.165, 1.54) is 11.0 Å². The topological polar surface area (TPSA) is 73.0 Å². The molecule has 0 bridgehead atoms. The molecular formula is C23H31FN4O3. The lowest BCUT2D eigenvalue weighted by atomic mass is 9.87. The first-order valence-electron chi connectivity index (χ1n) is 11.3. The van der Waals surface area contributed by atoms with E-state index in [-0.39, 0.29) is 36.1 Å². The number of rotatable bonds is 5. The molecule has 8 heteroatoms. The molecule has 4 rings (SSSR count). The Bertz CT molecular complexity index is 853. The zero-order valence-corrected chi connectivity index (χ0v) is 18.1. The van der Waals surface area contributed by atoms with Gasteiger partial charge in [0.05, 0.1) is 6.04 Å². The van der Waals surface area contributed by atoms with E-state index in [0.717, 1.165) is 26.1 Å². The first-order valence-corrected chi connectivity index (χ1v) is 11.3. The molecule has 3 aliphatic rings. The number of aryl methyl sites for hydroxylation is 1. The van der Waals surface area contributed by atoms with Crippen molar-refractivity contribution in [1.29, 1.82) is 0 Å². The lowest BCUT2D eigenvalue weighted by molar-refractivity contribution is -0.139. The average molecular weight is 431 g/mol. The smallest absolute Gasteiger partial charge is 0.325 e. The van der Waals surface area contributed by atoms with Gasteiger partial charge in [-0.25, -0.2) is 9.18 Å². The standard InChI is InChI=1S/C23H31FN4O3/c1-2-26-14-11-23(12-15-26)21(30)28(22(31)25-23)18-7-5-13-27(16-18)20(29)10-9-17-6-3-4-8-19(17)24/h3-4,6,8,18H,2,5,7,9-16H2,1H3,(H,25,31)/t18-/m1/s1. The number of urea groups is 1. The minimum atomic E-state index is -0.792. The zero-order valence-electron chi connectivity index (χ0n) is 18.1. The van der Waals surface area contributed by atoms with E-state index in [4.69, 9.17) is 0 Å². The minimum absolute atomic E-state index is 0.0639. The average Bonchev–Trinajstić information content (AvgIpc) is 3.02. The highest BCUT2D eigenvalue weighted by molar-refractivity contribution is 6.07. The van der Waals surface area contributed by atoms with Gasteiger partial charge in [0.25, 0.3) is 5.91 Å². The van der Waals surface area contributed by atoms with Crippen LogP contribution in [0.1, 0.15) is 44.6 Å². The third-order valence-electron chi connectivity index (χ3n) is 7.03. The molecule has 1 N–H and O–H groups in total. The number of amides is 4. The van der Waals surface area contributed by atoms with Crippen molar-refractivity contribution in [3.63, 3.8) is 0 Å². The Morgan fingerprint density at radius 1 is 1.19 bits per heavy atom. The molecule has 1 atom stereocenters. The summed E-state index contributed by atoms with van der Waals surface area (Å²) in [6.45, 7) is 5.58. The first kappa shape index (κ1) is 21.7. The van der Waals surface area contributed by atoms with Gasteiger partial charge in [0.2, 0.25) is 5.91 Å². The van der Waals surface area contributed by atoms with Crippen molar-refractivity contribution in [1.82, 2.24) is 20.0 Å². The predicted octanol–water partition coefficient (Wildman–Crippen LogP) is 2.16. The Balaban J connectivity index is 1.38. The number of carbonyl (C=O) groups is 3. The zero-order chi connectivity index (χ0) is 22.0. The molecule has 0 aliphatic carbocycles. The van der Waals surface area contributed by atoms with Crippen LogP contribution in [0.25, 0.3) is 0 Å². The summed E-state index contributed by atoms with van der Waals surface area (Å²) in [5.41, 5.74) is -0.265. The summed E-state index contributed by atoms with van der Waals surface area (Å²) in [4.78, 5) is 44.2. The third-order valence-corrected chi connectivity index (χ3v) is 7.03. The van der Waals surface area contributed by atoms with Crippen LogP contribution in [0.4, 0.5) is 9.18 Å². The molecule has 3 fully saturated rings. The van der Waals surface area contributed by atoms with Gasteiger partial charge in [-0.1, -0.05) is 25.1 Å². The van der Waals surface area contributed by atoms with E-state index in [9.17, 15) is 18.8 Å². The lowest BCUT2D eigenvalue weighted by Gasteiger charge is -2.39. The minimum Gasteiger partial charge on any atom is -0.341 e. The molecule has 3 heterocycles. The second-order valence-corrected chi connectivity index (χ2v) is 8.85. The second kappa shape index (κ2) is 8.94.